The summed E-state index contributed by atoms with van der Waals surface area (Å²) in [6, 6.07) is -1.29. The zero-order chi connectivity index (χ0) is 19.6. The van der Waals surface area contributed by atoms with E-state index in [0.29, 0.717) is 0 Å². The highest BCUT2D eigenvalue weighted by Crippen LogP contribution is 2.28. The molecule has 12 heteroatoms. The summed E-state index contributed by atoms with van der Waals surface area (Å²) in [5.41, 5.74) is 0. The predicted octanol–water partition coefficient (Wildman–Crippen LogP) is -5.25. The Hall–Kier alpha value is -0.930. The summed E-state index contributed by atoms with van der Waals surface area (Å²) in [7, 11) is 0. The van der Waals surface area contributed by atoms with Crippen LogP contribution >= 0.6 is 0 Å². The van der Waals surface area contributed by atoms with Crippen molar-refractivity contribution in [2.45, 2.75) is 68.3 Å². The lowest BCUT2D eigenvalue weighted by atomic mass is 9.96. The van der Waals surface area contributed by atoms with Gasteiger partial charge in [-0.2, -0.15) is 0 Å². The van der Waals surface area contributed by atoms with E-state index in [2.05, 4.69) is 5.32 Å². The first-order chi connectivity index (χ1) is 12.2. The minimum absolute atomic E-state index is 0.581. The third-order valence-corrected chi connectivity index (χ3v) is 4.38. The minimum atomic E-state index is -1.76. The molecule has 0 aromatic carbocycles. The fraction of sp³-hybridized carbons (Fsp3) is 0.929. The average molecular weight is 383 g/mol. The molecule has 2 aliphatic heterocycles. The third kappa shape index (κ3) is 4.31. The molecule has 0 aromatic heterocycles. The summed E-state index contributed by atoms with van der Waals surface area (Å²) in [6.45, 7) is -0.183. The van der Waals surface area contributed by atoms with Crippen molar-refractivity contribution in [3.63, 3.8) is 0 Å². The van der Waals surface area contributed by atoms with Crippen LogP contribution in [0.15, 0.2) is 0 Å². The second kappa shape index (κ2) is 8.84. The molecule has 2 heterocycles. The molecule has 0 radical (unpaired) electrons. The Morgan fingerprint density at radius 3 is 2.00 bits per heavy atom. The van der Waals surface area contributed by atoms with Crippen molar-refractivity contribution in [3.05, 3.63) is 0 Å². The van der Waals surface area contributed by atoms with Gasteiger partial charge in [-0.3, -0.25) is 4.79 Å². The number of hydrogen-bond acceptors (Lipinski definition) is 11. The van der Waals surface area contributed by atoms with E-state index in [1.54, 1.807) is 0 Å². The Labute approximate surface area is 148 Å². The molecular formula is C14H25NO11. The summed E-state index contributed by atoms with van der Waals surface area (Å²) in [5, 5.41) is 70.7. The quantitative estimate of drug-likeness (QED) is 0.226. The standard InChI is InChI=1S/C14H25NO11/c1-4(18)15-7-10(21)8(19)6(3-17)25-14(7)26-12-11(22)9(20)5(2-16)24-13(12)23/h5-14,16-17,19-23H,2-3H2,1H3,(H,15,18)/t5-,6-,7-,8+,9+,10-,11+,12-,13-,14+/m1/s1. The summed E-state index contributed by atoms with van der Waals surface area (Å²) in [6.07, 6.45) is -13.7. The molecule has 26 heavy (non-hydrogen) atoms. The molecule has 2 rings (SSSR count). The summed E-state index contributed by atoms with van der Waals surface area (Å²) in [4.78, 5) is 11.4. The first-order valence-corrected chi connectivity index (χ1v) is 8.06. The van der Waals surface area contributed by atoms with Gasteiger partial charge in [0.25, 0.3) is 0 Å². The van der Waals surface area contributed by atoms with Gasteiger partial charge in [0.15, 0.2) is 12.6 Å². The predicted molar refractivity (Wildman–Crippen MR) is 80.2 cm³/mol. The van der Waals surface area contributed by atoms with Gasteiger partial charge < -0.3 is 55.3 Å². The maximum Gasteiger partial charge on any atom is 0.217 e. The molecule has 2 aliphatic rings. The summed E-state index contributed by atoms with van der Waals surface area (Å²) >= 11 is 0. The molecule has 8 N–H and O–H groups in total. The largest absolute Gasteiger partial charge is 0.394 e. The van der Waals surface area contributed by atoms with Gasteiger partial charge in [0, 0.05) is 6.92 Å². The van der Waals surface area contributed by atoms with E-state index in [0.717, 1.165) is 6.92 Å². The van der Waals surface area contributed by atoms with Crippen LogP contribution in [-0.2, 0) is 19.0 Å². The SMILES string of the molecule is CC(=O)N[C@H]1[C@H](O[C@@H]2[C@@H](O)[C@@H](O)[C@@H](CO)O[C@H]2O)O[C@H](CO)[C@H](O)[C@@H]1O. The number of aliphatic hydroxyl groups excluding tert-OH is 7. The van der Waals surface area contributed by atoms with E-state index in [1.807, 2.05) is 0 Å². The molecule has 2 fully saturated rings. The lowest BCUT2D eigenvalue weighted by Gasteiger charge is -2.46. The number of rotatable bonds is 5. The molecule has 0 bridgehead atoms. The Bertz CT molecular complexity index is 480. The molecule has 152 valence electrons. The Kier molecular flexibility index (Phi) is 7.27. The zero-order valence-electron chi connectivity index (χ0n) is 14.0. The van der Waals surface area contributed by atoms with Gasteiger partial charge in [-0.1, -0.05) is 0 Å². The first-order valence-electron chi connectivity index (χ1n) is 8.06. The number of amides is 1. The van der Waals surface area contributed by atoms with E-state index in [9.17, 15) is 35.4 Å². The lowest BCUT2D eigenvalue weighted by Crippen LogP contribution is -2.67. The second-order valence-corrected chi connectivity index (χ2v) is 6.26. The highest BCUT2D eigenvalue weighted by molar-refractivity contribution is 5.73. The number of carbonyl (C=O) groups excluding carboxylic acids is 1. The molecule has 0 unspecified atom stereocenters. The van der Waals surface area contributed by atoms with Gasteiger partial charge in [-0.15, -0.1) is 0 Å². The normalized spacial score (nSPS) is 46.8. The van der Waals surface area contributed by atoms with Crippen molar-refractivity contribution in [1.29, 1.82) is 0 Å². The Balaban J connectivity index is 2.18. The van der Waals surface area contributed by atoms with E-state index >= 15 is 0 Å². The van der Waals surface area contributed by atoms with Crippen molar-refractivity contribution < 1.29 is 54.8 Å². The van der Waals surface area contributed by atoms with Crippen LogP contribution < -0.4 is 5.32 Å². The van der Waals surface area contributed by atoms with E-state index in [-0.39, 0.29) is 0 Å². The van der Waals surface area contributed by atoms with Crippen LogP contribution in [0.25, 0.3) is 0 Å². The number of aliphatic hydroxyl groups is 7. The highest BCUT2D eigenvalue weighted by Gasteiger charge is 2.50. The molecule has 0 aromatic rings. The molecule has 0 aliphatic carbocycles. The van der Waals surface area contributed by atoms with Crippen LogP contribution in [0.2, 0.25) is 0 Å². The highest BCUT2D eigenvalue weighted by atomic mass is 16.7. The third-order valence-electron chi connectivity index (χ3n) is 4.38. The average Bonchev–Trinajstić information content (AvgIpc) is 2.60. The van der Waals surface area contributed by atoms with Gasteiger partial charge in [0.1, 0.15) is 48.8 Å². The summed E-state index contributed by atoms with van der Waals surface area (Å²) < 4.78 is 15.7. The number of carbonyl (C=O) groups is 1. The van der Waals surface area contributed by atoms with Gasteiger partial charge in [0.2, 0.25) is 5.91 Å². The van der Waals surface area contributed by atoms with E-state index < -0.39 is 80.5 Å². The molecule has 0 saturated carbocycles. The van der Waals surface area contributed by atoms with Crippen LogP contribution in [-0.4, -0.2) is 116 Å². The van der Waals surface area contributed by atoms with E-state index in [1.165, 1.54) is 0 Å². The van der Waals surface area contributed by atoms with Crippen LogP contribution in [0.4, 0.5) is 0 Å². The maximum absolute atomic E-state index is 11.4. The Morgan fingerprint density at radius 1 is 0.923 bits per heavy atom. The number of ether oxygens (including phenoxy) is 3. The molecule has 1 amide bonds. The lowest BCUT2D eigenvalue weighted by molar-refractivity contribution is -0.348. The fourth-order valence-electron chi connectivity index (χ4n) is 2.96. The first kappa shape index (κ1) is 21.4. The zero-order valence-corrected chi connectivity index (χ0v) is 14.0. The van der Waals surface area contributed by atoms with Crippen molar-refractivity contribution in [2.24, 2.45) is 0 Å². The maximum atomic E-state index is 11.4. The van der Waals surface area contributed by atoms with Crippen molar-refractivity contribution in [3.8, 4) is 0 Å². The Morgan fingerprint density at radius 2 is 1.46 bits per heavy atom. The van der Waals surface area contributed by atoms with Crippen molar-refractivity contribution in [2.75, 3.05) is 13.2 Å². The van der Waals surface area contributed by atoms with Gasteiger partial charge in [0.05, 0.1) is 13.2 Å². The molecule has 0 spiro atoms. The molecule has 2 saturated heterocycles. The van der Waals surface area contributed by atoms with Crippen LogP contribution in [0.3, 0.4) is 0 Å². The second-order valence-electron chi connectivity index (χ2n) is 6.26. The molecule has 10 atom stereocenters. The van der Waals surface area contributed by atoms with Crippen LogP contribution in [0.1, 0.15) is 6.92 Å². The fourth-order valence-corrected chi connectivity index (χ4v) is 2.96. The minimum Gasteiger partial charge on any atom is -0.394 e. The number of hydrogen-bond donors (Lipinski definition) is 8. The summed E-state index contributed by atoms with van der Waals surface area (Å²) in [5.74, 6) is -0.581. The molecule has 12 nitrogen and oxygen atoms in total. The van der Waals surface area contributed by atoms with Gasteiger partial charge in [-0.25, -0.2) is 0 Å². The smallest absolute Gasteiger partial charge is 0.217 e. The van der Waals surface area contributed by atoms with Gasteiger partial charge >= 0.3 is 0 Å². The molecular weight excluding hydrogens is 358 g/mol. The number of nitrogens with one attached hydrogen (secondary N) is 1. The van der Waals surface area contributed by atoms with Gasteiger partial charge in [-0.05, 0) is 0 Å². The van der Waals surface area contributed by atoms with E-state index in [4.69, 9.17) is 19.3 Å². The topological polar surface area (TPSA) is 198 Å². The van der Waals surface area contributed by atoms with Crippen molar-refractivity contribution >= 4 is 5.91 Å². The van der Waals surface area contributed by atoms with Crippen LogP contribution in [0, 0.1) is 0 Å². The monoisotopic (exact) mass is 383 g/mol. The van der Waals surface area contributed by atoms with Crippen LogP contribution in [0.5, 0.6) is 0 Å². The van der Waals surface area contributed by atoms with Crippen molar-refractivity contribution in [1.82, 2.24) is 5.32 Å².